The second-order valence-corrected chi connectivity index (χ2v) is 8.59. The molecule has 0 spiro atoms. The van der Waals surface area contributed by atoms with Crippen LogP contribution in [-0.2, 0) is 4.74 Å². The quantitative estimate of drug-likeness (QED) is 0.578. The summed E-state index contributed by atoms with van der Waals surface area (Å²) in [7, 11) is 0. The van der Waals surface area contributed by atoms with Crippen LogP contribution >= 0.6 is 0 Å². The van der Waals surface area contributed by atoms with Gasteiger partial charge in [0.05, 0.1) is 23.4 Å². The first kappa shape index (κ1) is 19.7. The first-order valence-corrected chi connectivity index (χ1v) is 9.53. The minimum atomic E-state index is -1.06. The Balaban J connectivity index is 2.15. The van der Waals surface area contributed by atoms with Crippen molar-refractivity contribution in [3.63, 3.8) is 0 Å². The number of aliphatic hydroxyl groups excluding tert-OH is 1. The Morgan fingerprint density at radius 2 is 2.12 bits per heavy atom. The number of rotatable bonds is 5. The molecule has 3 nitrogen and oxygen atoms in total. The Labute approximate surface area is 147 Å². The normalized spacial score (nSPS) is 36.4. The molecule has 2 aliphatic rings. The maximum Gasteiger partial charge on any atom is 0.0920 e. The van der Waals surface area contributed by atoms with Gasteiger partial charge in [0.15, 0.2) is 0 Å². The van der Waals surface area contributed by atoms with Crippen LogP contribution in [-0.4, -0.2) is 33.6 Å². The summed E-state index contributed by atoms with van der Waals surface area (Å²) in [5.74, 6) is 0.910. The standard InChI is InChI=1S/C21H36O3/c1-7-16(9-10-18(22)20(4,5)23)17-12-13-21(6)19(24-21)11-8-14(2)15(17)3/h9,15,17-19,22-23H,2,7-8,10-13H2,1,3-6H3/b16-9-/t15?,17-,18?,19-,21-/m0/s1. The molecule has 0 aromatic heterocycles. The van der Waals surface area contributed by atoms with E-state index < -0.39 is 11.7 Å². The molecule has 2 fully saturated rings. The highest BCUT2D eigenvalue weighted by atomic mass is 16.6. The average Bonchev–Trinajstić information content (AvgIpc) is 3.15. The van der Waals surface area contributed by atoms with Crippen LogP contribution in [0.1, 0.15) is 73.1 Å². The zero-order valence-electron chi connectivity index (χ0n) is 16.1. The number of allylic oxidation sites excluding steroid dienone is 2. The van der Waals surface area contributed by atoms with Gasteiger partial charge in [-0.3, -0.25) is 0 Å². The molecule has 2 rings (SSSR count). The molecule has 5 atom stereocenters. The van der Waals surface area contributed by atoms with E-state index in [1.165, 1.54) is 11.1 Å². The molecule has 1 saturated carbocycles. The summed E-state index contributed by atoms with van der Waals surface area (Å²) >= 11 is 0. The molecule has 0 aromatic rings. The molecule has 138 valence electrons. The van der Waals surface area contributed by atoms with Crippen molar-refractivity contribution < 1.29 is 14.9 Å². The molecular weight excluding hydrogens is 300 g/mol. The van der Waals surface area contributed by atoms with Gasteiger partial charge in [-0.2, -0.15) is 0 Å². The Kier molecular flexibility index (Phi) is 5.99. The predicted molar refractivity (Wildman–Crippen MR) is 98.8 cm³/mol. The van der Waals surface area contributed by atoms with Gasteiger partial charge in [-0.05, 0) is 71.1 Å². The SMILES string of the molecule is C=C1CC[C@@H]2O[C@@]2(C)CC[C@H](/C(=C\CC(O)C(C)(C)O)CC)C1C. The lowest BCUT2D eigenvalue weighted by atomic mass is 9.77. The van der Waals surface area contributed by atoms with E-state index in [1.54, 1.807) is 13.8 Å². The Hall–Kier alpha value is -0.640. The van der Waals surface area contributed by atoms with Gasteiger partial charge in [0.2, 0.25) is 0 Å². The van der Waals surface area contributed by atoms with Gasteiger partial charge in [-0.1, -0.05) is 37.6 Å². The monoisotopic (exact) mass is 336 g/mol. The Morgan fingerprint density at radius 3 is 2.71 bits per heavy atom. The van der Waals surface area contributed by atoms with Crippen molar-refractivity contribution in [2.75, 3.05) is 0 Å². The first-order valence-electron chi connectivity index (χ1n) is 9.53. The van der Waals surface area contributed by atoms with Gasteiger partial charge >= 0.3 is 0 Å². The van der Waals surface area contributed by atoms with Crippen LogP contribution in [0.5, 0.6) is 0 Å². The molecule has 1 heterocycles. The molecule has 1 saturated heterocycles. The number of hydrogen-bond acceptors (Lipinski definition) is 3. The zero-order chi connectivity index (χ0) is 18.1. The molecule has 0 radical (unpaired) electrons. The topological polar surface area (TPSA) is 53.0 Å². The van der Waals surface area contributed by atoms with Crippen molar-refractivity contribution in [2.24, 2.45) is 11.8 Å². The fourth-order valence-corrected chi connectivity index (χ4v) is 4.01. The minimum Gasteiger partial charge on any atom is -0.390 e. The fraction of sp³-hybridized carbons (Fsp3) is 0.810. The maximum absolute atomic E-state index is 10.1. The highest BCUT2D eigenvalue weighted by Gasteiger charge is 2.52. The van der Waals surface area contributed by atoms with Crippen molar-refractivity contribution >= 4 is 0 Å². The van der Waals surface area contributed by atoms with E-state index in [1.807, 2.05) is 0 Å². The molecular formula is C21H36O3. The van der Waals surface area contributed by atoms with Crippen molar-refractivity contribution in [2.45, 2.75) is 96.6 Å². The second-order valence-electron chi connectivity index (χ2n) is 8.59. The van der Waals surface area contributed by atoms with Crippen molar-refractivity contribution in [1.82, 2.24) is 0 Å². The predicted octanol–water partition coefficient (Wildman–Crippen LogP) is 4.38. The highest BCUT2D eigenvalue weighted by molar-refractivity contribution is 5.17. The summed E-state index contributed by atoms with van der Waals surface area (Å²) in [5, 5.41) is 20.1. The van der Waals surface area contributed by atoms with Gasteiger partial charge in [0.25, 0.3) is 0 Å². The molecule has 0 aromatic carbocycles. The molecule has 2 unspecified atom stereocenters. The van der Waals surface area contributed by atoms with Crippen LogP contribution < -0.4 is 0 Å². The molecule has 2 N–H and O–H groups in total. The van der Waals surface area contributed by atoms with E-state index in [0.29, 0.717) is 24.4 Å². The first-order chi connectivity index (χ1) is 11.1. The lowest BCUT2D eigenvalue weighted by molar-refractivity contribution is -0.0457. The van der Waals surface area contributed by atoms with Crippen molar-refractivity contribution in [3.8, 4) is 0 Å². The second kappa shape index (κ2) is 7.31. The fourth-order valence-electron chi connectivity index (χ4n) is 4.01. The molecule has 0 amide bonds. The zero-order valence-corrected chi connectivity index (χ0v) is 16.1. The molecule has 0 bridgehead atoms. The third kappa shape index (κ3) is 4.50. The van der Waals surface area contributed by atoms with Crippen LogP contribution in [0.3, 0.4) is 0 Å². The lowest BCUT2D eigenvalue weighted by Gasteiger charge is -2.29. The number of fused-ring (bicyclic) bond motifs is 1. The van der Waals surface area contributed by atoms with Crippen LogP contribution in [0, 0.1) is 11.8 Å². The van der Waals surface area contributed by atoms with E-state index in [4.69, 9.17) is 4.74 Å². The summed E-state index contributed by atoms with van der Waals surface area (Å²) < 4.78 is 5.94. The van der Waals surface area contributed by atoms with E-state index in [9.17, 15) is 10.2 Å². The average molecular weight is 337 g/mol. The number of epoxide rings is 1. The number of aliphatic hydroxyl groups is 2. The van der Waals surface area contributed by atoms with Gasteiger partial charge < -0.3 is 14.9 Å². The Morgan fingerprint density at radius 1 is 1.46 bits per heavy atom. The summed E-state index contributed by atoms with van der Waals surface area (Å²) in [6, 6.07) is 0. The summed E-state index contributed by atoms with van der Waals surface area (Å²) in [5.41, 5.74) is 1.70. The van der Waals surface area contributed by atoms with E-state index in [-0.39, 0.29) is 5.60 Å². The maximum atomic E-state index is 10.1. The molecule has 24 heavy (non-hydrogen) atoms. The summed E-state index contributed by atoms with van der Waals surface area (Å²) in [4.78, 5) is 0. The van der Waals surface area contributed by atoms with Crippen molar-refractivity contribution in [1.29, 1.82) is 0 Å². The summed E-state index contributed by atoms with van der Waals surface area (Å²) in [6.45, 7) is 14.4. The van der Waals surface area contributed by atoms with Crippen LogP contribution in [0.4, 0.5) is 0 Å². The molecule has 1 aliphatic carbocycles. The summed E-state index contributed by atoms with van der Waals surface area (Å²) in [6.07, 6.45) is 7.63. The third-order valence-corrected chi connectivity index (χ3v) is 6.27. The smallest absolute Gasteiger partial charge is 0.0920 e. The molecule has 1 aliphatic heterocycles. The lowest BCUT2D eigenvalue weighted by Crippen LogP contribution is -2.35. The highest BCUT2D eigenvalue weighted by Crippen LogP contribution is 2.48. The minimum absolute atomic E-state index is 0.0635. The molecule has 3 heteroatoms. The number of hydrogen-bond donors (Lipinski definition) is 2. The van der Waals surface area contributed by atoms with Gasteiger partial charge in [0, 0.05) is 0 Å². The van der Waals surface area contributed by atoms with E-state index in [0.717, 1.165) is 32.1 Å². The van der Waals surface area contributed by atoms with E-state index in [2.05, 4.69) is 33.4 Å². The van der Waals surface area contributed by atoms with Gasteiger partial charge in [0.1, 0.15) is 0 Å². The van der Waals surface area contributed by atoms with Gasteiger partial charge in [-0.25, -0.2) is 0 Å². The van der Waals surface area contributed by atoms with E-state index >= 15 is 0 Å². The third-order valence-electron chi connectivity index (χ3n) is 6.27. The van der Waals surface area contributed by atoms with Crippen LogP contribution in [0.15, 0.2) is 23.8 Å². The largest absolute Gasteiger partial charge is 0.390 e. The number of ether oxygens (including phenoxy) is 1. The van der Waals surface area contributed by atoms with Crippen molar-refractivity contribution in [3.05, 3.63) is 23.8 Å². The van der Waals surface area contributed by atoms with Crippen LogP contribution in [0.25, 0.3) is 0 Å². The van der Waals surface area contributed by atoms with Crippen LogP contribution in [0.2, 0.25) is 0 Å². The van der Waals surface area contributed by atoms with Gasteiger partial charge in [-0.15, -0.1) is 0 Å². The Bertz CT molecular complexity index is 488.